The molecule has 0 radical (unpaired) electrons. The molecular formula is C9H14N2O4. The van der Waals surface area contributed by atoms with Crippen molar-refractivity contribution in [2.24, 2.45) is 11.8 Å². The van der Waals surface area contributed by atoms with E-state index in [9.17, 15) is 9.59 Å². The van der Waals surface area contributed by atoms with Crippen LogP contribution in [0.5, 0.6) is 0 Å². The first kappa shape index (κ1) is 10.4. The number of rotatable bonds is 3. The second-order valence-corrected chi connectivity index (χ2v) is 3.86. The highest BCUT2D eigenvalue weighted by atomic mass is 16.5. The number of hydrazine groups is 1. The molecule has 15 heavy (non-hydrogen) atoms. The third-order valence-electron chi connectivity index (χ3n) is 2.72. The molecule has 0 aromatic rings. The molecule has 1 saturated carbocycles. The molecule has 84 valence electrons. The summed E-state index contributed by atoms with van der Waals surface area (Å²) in [5, 5.41) is 10.4. The van der Waals surface area contributed by atoms with Gasteiger partial charge in [0.25, 0.3) is 0 Å². The molecule has 6 heteroatoms. The average Bonchev–Trinajstić information content (AvgIpc) is 2.98. The lowest BCUT2D eigenvalue weighted by molar-refractivity contribution is -0.141. The maximum atomic E-state index is 11.5. The summed E-state index contributed by atoms with van der Waals surface area (Å²) in [7, 11) is 0. The van der Waals surface area contributed by atoms with Crippen LogP contribution in [0.2, 0.25) is 0 Å². The number of morpholine rings is 1. The average molecular weight is 214 g/mol. The summed E-state index contributed by atoms with van der Waals surface area (Å²) in [4.78, 5) is 22.1. The molecule has 2 atom stereocenters. The molecule has 6 nitrogen and oxygen atoms in total. The first-order chi connectivity index (χ1) is 7.18. The van der Waals surface area contributed by atoms with Crippen molar-refractivity contribution >= 4 is 11.9 Å². The van der Waals surface area contributed by atoms with Gasteiger partial charge >= 0.3 is 5.97 Å². The lowest BCUT2D eigenvalue weighted by Crippen LogP contribution is -2.49. The van der Waals surface area contributed by atoms with E-state index in [2.05, 4.69) is 5.43 Å². The number of nitrogens with one attached hydrogen (secondary N) is 1. The minimum Gasteiger partial charge on any atom is -0.481 e. The Bertz CT molecular complexity index is 275. The van der Waals surface area contributed by atoms with Crippen LogP contribution in [0, 0.1) is 11.8 Å². The summed E-state index contributed by atoms with van der Waals surface area (Å²) in [6.45, 7) is 2.53. The molecule has 0 aromatic carbocycles. The number of aliphatic carboxylic acids is 1. The van der Waals surface area contributed by atoms with Crippen LogP contribution >= 0.6 is 0 Å². The van der Waals surface area contributed by atoms with Crippen LogP contribution in [-0.4, -0.2) is 48.3 Å². The summed E-state index contributed by atoms with van der Waals surface area (Å²) >= 11 is 0. The molecule has 0 bridgehead atoms. The van der Waals surface area contributed by atoms with Crippen molar-refractivity contribution in [2.45, 2.75) is 6.42 Å². The molecule has 1 aliphatic carbocycles. The number of carboxylic acid groups (broad SMARTS) is 1. The van der Waals surface area contributed by atoms with Crippen LogP contribution in [0.25, 0.3) is 0 Å². The van der Waals surface area contributed by atoms with Crippen molar-refractivity contribution in [3.8, 4) is 0 Å². The molecule has 2 fully saturated rings. The summed E-state index contributed by atoms with van der Waals surface area (Å²) in [6.07, 6.45) is 0.464. The highest BCUT2D eigenvalue weighted by Crippen LogP contribution is 2.38. The summed E-state index contributed by atoms with van der Waals surface area (Å²) in [5.41, 5.74) is 2.72. The summed E-state index contributed by atoms with van der Waals surface area (Å²) in [5.74, 6) is -1.88. The molecule has 2 aliphatic rings. The van der Waals surface area contributed by atoms with Gasteiger partial charge in [-0.1, -0.05) is 0 Å². The van der Waals surface area contributed by atoms with Crippen molar-refractivity contribution in [1.82, 2.24) is 10.4 Å². The van der Waals surface area contributed by atoms with Gasteiger partial charge in [0.2, 0.25) is 5.91 Å². The topological polar surface area (TPSA) is 78.9 Å². The Labute approximate surface area is 87.2 Å². The monoisotopic (exact) mass is 214 g/mol. The van der Waals surface area contributed by atoms with Crippen LogP contribution in [-0.2, 0) is 14.3 Å². The zero-order valence-corrected chi connectivity index (χ0v) is 8.31. The van der Waals surface area contributed by atoms with Crippen LogP contribution in [0.15, 0.2) is 0 Å². The van der Waals surface area contributed by atoms with Crippen LogP contribution in [0.4, 0.5) is 0 Å². The van der Waals surface area contributed by atoms with Crippen molar-refractivity contribution < 1.29 is 19.4 Å². The minimum absolute atomic E-state index is 0.177. The maximum Gasteiger partial charge on any atom is 0.307 e. The van der Waals surface area contributed by atoms with E-state index in [1.54, 1.807) is 5.01 Å². The van der Waals surface area contributed by atoms with Gasteiger partial charge in [-0.3, -0.25) is 15.0 Å². The molecule has 0 unspecified atom stereocenters. The largest absolute Gasteiger partial charge is 0.481 e. The summed E-state index contributed by atoms with van der Waals surface area (Å²) in [6, 6.07) is 0. The molecule has 0 spiro atoms. The number of ether oxygens (including phenoxy) is 1. The van der Waals surface area contributed by atoms with E-state index in [0.717, 1.165) is 0 Å². The van der Waals surface area contributed by atoms with Gasteiger partial charge in [0.05, 0.1) is 25.0 Å². The quantitative estimate of drug-likeness (QED) is 0.634. The van der Waals surface area contributed by atoms with Gasteiger partial charge in [0.15, 0.2) is 0 Å². The van der Waals surface area contributed by atoms with Gasteiger partial charge in [-0.25, -0.2) is 5.01 Å². The van der Waals surface area contributed by atoms with E-state index in [1.807, 2.05) is 0 Å². The van der Waals surface area contributed by atoms with Crippen LogP contribution in [0.3, 0.4) is 0 Å². The standard InChI is InChI=1S/C9H14N2O4/c12-8(6-5-7(6)9(13)14)10-11-1-3-15-4-2-11/h6-7H,1-5H2,(H,10,12)(H,13,14)/t6-,7+/m1/s1. The predicted octanol–water partition coefficient (Wildman–Crippen LogP) is -0.929. The summed E-state index contributed by atoms with van der Waals surface area (Å²) < 4.78 is 5.13. The van der Waals surface area contributed by atoms with Gasteiger partial charge in [-0.15, -0.1) is 0 Å². The molecule has 2 N–H and O–H groups in total. The van der Waals surface area contributed by atoms with Gasteiger partial charge in [-0.2, -0.15) is 0 Å². The number of hydrogen-bond acceptors (Lipinski definition) is 4. The number of carbonyl (C=O) groups is 2. The van der Waals surface area contributed by atoms with Crippen molar-refractivity contribution in [2.75, 3.05) is 26.3 Å². The number of amides is 1. The molecular weight excluding hydrogens is 200 g/mol. The number of carboxylic acids is 1. The molecule has 0 aromatic heterocycles. The van der Waals surface area contributed by atoms with Crippen molar-refractivity contribution in [1.29, 1.82) is 0 Å². The van der Waals surface area contributed by atoms with Gasteiger partial charge in [0, 0.05) is 13.1 Å². The Morgan fingerprint density at radius 3 is 2.47 bits per heavy atom. The van der Waals surface area contributed by atoms with Gasteiger partial charge in [0.1, 0.15) is 0 Å². The van der Waals surface area contributed by atoms with Crippen molar-refractivity contribution in [3.05, 3.63) is 0 Å². The molecule has 2 rings (SSSR count). The molecule has 1 aliphatic heterocycles. The van der Waals surface area contributed by atoms with E-state index in [1.165, 1.54) is 0 Å². The molecule has 1 heterocycles. The second-order valence-electron chi connectivity index (χ2n) is 3.86. The zero-order chi connectivity index (χ0) is 10.8. The maximum absolute atomic E-state index is 11.5. The lowest BCUT2D eigenvalue weighted by Gasteiger charge is -2.26. The fourth-order valence-electron chi connectivity index (χ4n) is 1.67. The Hall–Kier alpha value is -1.14. The van der Waals surface area contributed by atoms with E-state index >= 15 is 0 Å². The normalized spacial score (nSPS) is 30.9. The first-order valence-corrected chi connectivity index (χ1v) is 5.04. The van der Waals surface area contributed by atoms with Gasteiger partial charge < -0.3 is 9.84 Å². The number of nitrogens with zero attached hydrogens (tertiary/aromatic N) is 1. The molecule has 1 saturated heterocycles. The van der Waals surface area contributed by atoms with E-state index in [4.69, 9.17) is 9.84 Å². The molecule has 1 amide bonds. The highest BCUT2D eigenvalue weighted by molar-refractivity contribution is 5.89. The second kappa shape index (κ2) is 4.16. The Kier molecular flexibility index (Phi) is 2.88. The minimum atomic E-state index is -0.878. The number of carbonyl (C=O) groups excluding carboxylic acids is 1. The highest BCUT2D eigenvalue weighted by Gasteiger charge is 2.48. The Balaban J connectivity index is 1.75. The Morgan fingerprint density at radius 1 is 1.27 bits per heavy atom. The fraction of sp³-hybridized carbons (Fsp3) is 0.778. The fourth-order valence-corrected chi connectivity index (χ4v) is 1.67. The van der Waals surface area contributed by atoms with Crippen LogP contribution < -0.4 is 5.43 Å². The third-order valence-corrected chi connectivity index (χ3v) is 2.72. The zero-order valence-electron chi connectivity index (χ0n) is 8.31. The van der Waals surface area contributed by atoms with Gasteiger partial charge in [-0.05, 0) is 6.42 Å². The number of hydrogen-bond donors (Lipinski definition) is 2. The first-order valence-electron chi connectivity index (χ1n) is 5.04. The van der Waals surface area contributed by atoms with Crippen molar-refractivity contribution in [3.63, 3.8) is 0 Å². The van der Waals surface area contributed by atoms with E-state index in [-0.39, 0.29) is 11.8 Å². The smallest absolute Gasteiger partial charge is 0.307 e. The van der Waals surface area contributed by atoms with E-state index < -0.39 is 11.9 Å². The Morgan fingerprint density at radius 2 is 1.93 bits per heavy atom. The lowest BCUT2D eigenvalue weighted by atomic mass is 10.3. The van der Waals surface area contributed by atoms with Crippen LogP contribution in [0.1, 0.15) is 6.42 Å². The third kappa shape index (κ3) is 2.45. The SMILES string of the molecule is O=C(O)[C@H]1C[C@H]1C(=O)NN1CCOCC1. The van der Waals surface area contributed by atoms with E-state index in [0.29, 0.717) is 32.7 Å². The predicted molar refractivity (Wildman–Crippen MR) is 49.8 cm³/mol.